The van der Waals surface area contributed by atoms with Crippen LogP contribution in [0.3, 0.4) is 0 Å². The summed E-state index contributed by atoms with van der Waals surface area (Å²) in [5.74, 6) is -0.00943. The predicted molar refractivity (Wildman–Crippen MR) is 108 cm³/mol. The number of ether oxygens (including phenoxy) is 1. The van der Waals surface area contributed by atoms with Crippen molar-refractivity contribution in [1.29, 1.82) is 0 Å². The van der Waals surface area contributed by atoms with E-state index < -0.39 is 5.97 Å². The highest BCUT2D eigenvalue weighted by molar-refractivity contribution is 6.05. The number of hydrogen-bond acceptors (Lipinski definition) is 6. The second-order valence-electron chi connectivity index (χ2n) is 6.11. The first-order valence-electron chi connectivity index (χ1n) is 9.09. The van der Waals surface area contributed by atoms with Gasteiger partial charge in [-0.15, -0.1) is 10.2 Å². The Morgan fingerprint density at radius 3 is 2.21 bits per heavy atom. The summed E-state index contributed by atoms with van der Waals surface area (Å²) < 4.78 is 4.78. The predicted octanol–water partition coefficient (Wildman–Crippen LogP) is 3.64. The van der Waals surface area contributed by atoms with Gasteiger partial charge in [0.1, 0.15) is 0 Å². The van der Waals surface area contributed by atoms with Gasteiger partial charge in [-0.3, -0.25) is 4.79 Å². The Kier molecular flexibility index (Phi) is 5.84. The molecule has 28 heavy (non-hydrogen) atoms. The van der Waals surface area contributed by atoms with Crippen LogP contribution in [0.15, 0.2) is 48.5 Å². The molecule has 0 radical (unpaired) electrons. The number of rotatable bonds is 6. The fourth-order valence-electron chi connectivity index (χ4n) is 2.97. The Hall–Kier alpha value is -3.48. The van der Waals surface area contributed by atoms with E-state index in [1.165, 1.54) is 7.11 Å². The monoisotopic (exact) mass is 378 g/mol. The highest BCUT2D eigenvalue weighted by Gasteiger charge is 2.16. The van der Waals surface area contributed by atoms with Crippen LogP contribution in [-0.2, 0) is 4.74 Å². The van der Waals surface area contributed by atoms with E-state index in [-0.39, 0.29) is 11.6 Å². The van der Waals surface area contributed by atoms with Gasteiger partial charge in [-0.1, -0.05) is 24.3 Å². The molecule has 0 saturated carbocycles. The van der Waals surface area contributed by atoms with Crippen molar-refractivity contribution in [3.8, 4) is 0 Å². The highest BCUT2D eigenvalue weighted by atomic mass is 16.5. The molecule has 3 rings (SSSR count). The minimum Gasteiger partial charge on any atom is -0.464 e. The summed E-state index contributed by atoms with van der Waals surface area (Å²) in [5, 5.41) is 12.8. The van der Waals surface area contributed by atoms with Gasteiger partial charge in [0, 0.05) is 35.1 Å². The Morgan fingerprint density at radius 1 is 0.964 bits per heavy atom. The Morgan fingerprint density at radius 2 is 1.61 bits per heavy atom. The summed E-state index contributed by atoms with van der Waals surface area (Å²) in [6.07, 6.45) is 0. The van der Waals surface area contributed by atoms with Crippen LogP contribution in [0.5, 0.6) is 0 Å². The fraction of sp³-hybridized carbons (Fsp3) is 0.238. The highest BCUT2D eigenvalue weighted by Crippen LogP contribution is 2.26. The van der Waals surface area contributed by atoms with E-state index in [1.807, 2.05) is 44.2 Å². The number of hydrogen-bond donors (Lipinski definition) is 1. The summed E-state index contributed by atoms with van der Waals surface area (Å²) in [7, 11) is 1.31. The van der Waals surface area contributed by atoms with Crippen molar-refractivity contribution in [2.24, 2.45) is 0 Å². The van der Waals surface area contributed by atoms with Crippen molar-refractivity contribution in [1.82, 2.24) is 15.1 Å². The van der Waals surface area contributed by atoms with Crippen LogP contribution in [0.1, 0.15) is 34.7 Å². The fourth-order valence-corrected chi connectivity index (χ4v) is 2.97. The number of esters is 1. The molecule has 7 nitrogen and oxygen atoms in total. The van der Waals surface area contributed by atoms with Gasteiger partial charge in [-0.05, 0) is 38.1 Å². The standard InChI is InChI=1S/C21H22N4O3/c1-4-25(5-2)20(26)14-10-12-15(13-11-14)22-19-17-9-7-6-8-16(17)18(23-24-19)21(27)28-3/h6-13H,4-5H2,1-3H3,(H,22,24). The molecule has 1 amide bonds. The molecule has 7 heteroatoms. The van der Waals surface area contributed by atoms with Crippen LogP contribution >= 0.6 is 0 Å². The van der Waals surface area contributed by atoms with Crippen LogP contribution in [0, 0.1) is 0 Å². The number of nitrogens with zero attached hydrogens (tertiary/aromatic N) is 3. The molecule has 0 spiro atoms. The van der Waals surface area contributed by atoms with Gasteiger partial charge in [0.15, 0.2) is 11.5 Å². The molecule has 0 aliphatic heterocycles. The zero-order chi connectivity index (χ0) is 20.1. The topological polar surface area (TPSA) is 84.4 Å². The minimum atomic E-state index is -0.533. The molecular formula is C21H22N4O3. The van der Waals surface area contributed by atoms with Crippen molar-refractivity contribution in [3.63, 3.8) is 0 Å². The van der Waals surface area contributed by atoms with E-state index in [9.17, 15) is 9.59 Å². The van der Waals surface area contributed by atoms with E-state index in [0.29, 0.717) is 29.9 Å². The first-order valence-corrected chi connectivity index (χ1v) is 9.09. The quantitative estimate of drug-likeness (QED) is 0.659. The summed E-state index contributed by atoms with van der Waals surface area (Å²) in [6.45, 7) is 5.26. The maximum Gasteiger partial charge on any atom is 0.359 e. The maximum absolute atomic E-state index is 12.4. The first kappa shape index (κ1) is 19.3. The molecule has 0 unspecified atom stereocenters. The number of carbonyl (C=O) groups is 2. The van der Waals surface area contributed by atoms with Crippen LogP contribution in [-0.4, -0.2) is 47.2 Å². The first-order chi connectivity index (χ1) is 13.6. The second kappa shape index (κ2) is 8.47. The van der Waals surface area contributed by atoms with Gasteiger partial charge in [0.2, 0.25) is 0 Å². The van der Waals surface area contributed by atoms with E-state index in [1.54, 1.807) is 23.1 Å². The molecule has 0 bridgehead atoms. The third-order valence-corrected chi connectivity index (χ3v) is 4.51. The van der Waals surface area contributed by atoms with Gasteiger partial charge in [0.25, 0.3) is 5.91 Å². The van der Waals surface area contributed by atoms with Gasteiger partial charge >= 0.3 is 5.97 Å². The second-order valence-corrected chi connectivity index (χ2v) is 6.11. The molecule has 3 aromatic rings. The number of methoxy groups -OCH3 is 1. The maximum atomic E-state index is 12.4. The molecule has 0 fully saturated rings. The average molecular weight is 378 g/mol. The molecule has 144 valence electrons. The number of fused-ring (bicyclic) bond motifs is 1. The summed E-state index contributed by atoms with van der Waals surface area (Å²) >= 11 is 0. The Bertz CT molecular complexity index is 998. The Balaban J connectivity index is 1.89. The third kappa shape index (κ3) is 3.78. The van der Waals surface area contributed by atoms with Crippen LogP contribution in [0.2, 0.25) is 0 Å². The smallest absolute Gasteiger partial charge is 0.359 e. The van der Waals surface area contributed by atoms with Crippen molar-refractivity contribution < 1.29 is 14.3 Å². The molecule has 0 saturated heterocycles. The third-order valence-electron chi connectivity index (χ3n) is 4.51. The van der Waals surface area contributed by atoms with Crippen LogP contribution in [0.25, 0.3) is 10.8 Å². The lowest BCUT2D eigenvalue weighted by Crippen LogP contribution is -2.30. The molecule has 1 N–H and O–H groups in total. The lowest BCUT2D eigenvalue weighted by Gasteiger charge is -2.18. The number of anilines is 2. The molecule has 1 heterocycles. The molecule has 1 aromatic heterocycles. The summed E-state index contributed by atoms with van der Waals surface area (Å²) in [5.41, 5.74) is 1.57. The van der Waals surface area contributed by atoms with Crippen molar-refractivity contribution in [2.75, 3.05) is 25.5 Å². The van der Waals surface area contributed by atoms with Crippen LogP contribution in [0.4, 0.5) is 11.5 Å². The van der Waals surface area contributed by atoms with Gasteiger partial charge < -0.3 is 15.0 Å². The largest absolute Gasteiger partial charge is 0.464 e. The number of nitrogens with one attached hydrogen (secondary N) is 1. The summed E-state index contributed by atoms with van der Waals surface area (Å²) in [6, 6.07) is 14.5. The van der Waals surface area contributed by atoms with E-state index in [2.05, 4.69) is 15.5 Å². The molecule has 2 aromatic carbocycles. The average Bonchev–Trinajstić information content (AvgIpc) is 2.74. The van der Waals surface area contributed by atoms with Crippen molar-refractivity contribution >= 4 is 34.2 Å². The SMILES string of the molecule is CCN(CC)C(=O)c1ccc(Nc2nnc(C(=O)OC)c3ccccc23)cc1. The van der Waals surface area contributed by atoms with E-state index in [4.69, 9.17) is 4.74 Å². The number of benzene rings is 2. The lowest BCUT2D eigenvalue weighted by molar-refractivity contribution is 0.0595. The molecular weight excluding hydrogens is 356 g/mol. The van der Waals surface area contributed by atoms with Crippen LogP contribution < -0.4 is 5.32 Å². The zero-order valence-electron chi connectivity index (χ0n) is 16.1. The van der Waals surface area contributed by atoms with Crippen molar-refractivity contribution in [2.45, 2.75) is 13.8 Å². The molecule has 0 aliphatic carbocycles. The minimum absolute atomic E-state index is 0.00391. The van der Waals surface area contributed by atoms with Gasteiger partial charge in [0.05, 0.1) is 7.11 Å². The summed E-state index contributed by atoms with van der Waals surface area (Å²) in [4.78, 5) is 26.1. The van der Waals surface area contributed by atoms with Gasteiger partial charge in [-0.2, -0.15) is 0 Å². The zero-order valence-corrected chi connectivity index (χ0v) is 16.1. The molecule has 0 aliphatic rings. The number of amides is 1. The molecule has 0 atom stereocenters. The van der Waals surface area contributed by atoms with Crippen molar-refractivity contribution in [3.05, 3.63) is 59.8 Å². The van der Waals surface area contributed by atoms with E-state index >= 15 is 0 Å². The number of carbonyl (C=O) groups excluding carboxylic acids is 2. The Labute approximate surface area is 163 Å². The lowest BCUT2D eigenvalue weighted by atomic mass is 10.1. The normalized spacial score (nSPS) is 10.5. The van der Waals surface area contributed by atoms with E-state index in [0.717, 1.165) is 11.1 Å². The number of aromatic nitrogens is 2. The van der Waals surface area contributed by atoms with Gasteiger partial charge in [-0.25, -0.2) is 4.79 Å².